The van der Waals surface area contributed by atoms with Crippen LogP contribution in [0.5, 0.6) is 5.75 Å². The Morgan fingerprint density at radius 2 is 1.94 bits per heavy atom. The Morgan fingerprint density at radius 1 is 1.19 bits per heavy atom. The second-order valence-electron chi connectivity index (χ2n) is 6.69. The van der Waals surface area contributed by atoms with Crippen LogP contribution in [0.1, 0.15) is 35.7 Å². The largest absolute Gasteiger partial charge is 0.478 e. The monoisotopic (exact) mass is 442 g/mol. The second-order valence-corrected chi connectivity index (χ2v) is 6.69. The number of rotatable bonds is 8. The molecule has 2 heterocycles. The number of hydrogen-bond acceptors (Lipinski definition) is 8. The van der Waals surface area contributed by atoms with Crippen molar-refractivity contribution in [3.05, 3.63) is 59.2 Å². The van der Waals surface area contributed by atoms with Crippen LogP contribution in [0.25, 0.3) is 6.08 Å². The van der Waals surface area contributed by atoms with Crippen LogP contribution in [0, 0.1) is 0 Å². The van der Waals surface area contributed by atoms with Crippen LogP contribution in [0.15, 0.2) is 46.5 Å². The van der Waals surface area contributed by atoms with Gasteiger partial charge in [0.1, 0.15) is 17.2 Å². The average Bonchev–Trinajstić information content (AvgIpc) is 3.35. The average molecular weight is 442 g/mol. The molecule has 0 aliphatic carbocycles. The van der Waals surface area contributed by atoms with Crippen LogP contribution < -0.4 is 10.1 Å². The summed E-state index contributed by atoms with van der Waals surface area (Å²) in [6.45, 7) is 3.31. The third-order valence-electron chi connectivity index (χ3n) is 4.47. The summed E-state index contributed by atoms with van der Waals surface area (Å²) in [5.74, 6) is -1.22. The van der Waals surface area contributed by atoms with E-state index in [1.165, 1.54) is 25.3 Å². The molecule has 1 saturated heterocycles. The van der Waals surface area contributed by atoms with Gasteiger partial charge in [-0.25, -0.2) is 14.4 Å². The molecule has 32 heavy (non-hydrogen) atoms. The maximum atomic E-state index is 12.8. The molecule has 0 unspecified atom stereocenters. The number of benzene rings is 1. The Morgan fingerprint density at radius 3 is 2.66 bits per heavy atom. The first-order chi connectivity index (χ1) is 15.3. The number of furan rings is 1. The highest BCUT2D eigenvalue weighted by Crippen LogP contribution is 2.25. The van der Waals surface area contributed by atoms with Crippen LogP contribution in [-0.4, -0.2) is 48.6 Å². The van der Waals surface area contributed by atoms with Gasteiger partial charge in [0.25, 0.3) is 5.91 Å². The lowest BCUT2D eigenvalue weighted by Crippen LogP contribution is -2.30. The first-order valence-corrected chi connectivity index (χ1v) is 9.78. The van der Waals surface area contributed by atoms with Gasteiger partial charge in [-0.1, -0.05) is 18.2 Å². The summed E-state index contributed by atoms with van der Waals surface area (Å²) in [6.07, 6.45) is 0.595. The standard InChI is InChI=1S/C22H22N2O8/c1-4-30-20(26)13(2)31-17-8-6-5-7-14(17)11-16-19(25)24(22(28)23-16)12-15-9-10-18(32-15)21(27)29-3/h5-11,13H,4,12H2,1-3H3,(H,23,28)/b16-11-/t13-/m0/s1. The number of imide groups is 1. The van der Waals surface area contributed by atoms with Gasteiger partial charge >= 0.3 is 18.0 Å². The zero-order valence-electron chi connectivity index (χ0n) is 17.7. The third kappa shape index (κ3) is 4.97. The normalized spacial score (nSPS) is 15.5. The molecule has 10 heteroatoms. The first-order valence-electron chi connectivity index (χ1n) is 9.78. The van der Waals surface area contributed by atoms with Crippen molar-refractivity contribution in [2.75, 3.05) is 13.7 Å². The topological polar surface area (TPSA) is 124 Å². The molecule has 3 amide bonds. The van der Waals surface area contributed by atoms with Crippen molar-refractivity contribution in [1.29, 1.82) is 0 Å². The van der Waals surface area contributed by atoms with Crippen molar-refractivity contribution >= 4 is 30.0 Å². The molecule has 1 atom stereocenters. The number of hydrogen-bond donors (Lipinski definition) is 1. The minimum absolute atomic E-state index is 0.0228. The summed E-state index contributed by atoms with van der Waals surface area (Å²) >= 11 is 0. The zero-order chi connectivity index (χ0) is 23.3. The Bertz CT molecular complexity index is 1070. The van der Waals surface area contributed by atoms with E-state index in [4.69, 9.17) is 13.9 Å². The second kappa shape index (κ2) is 9.82. The quantitative estimate of drug-likeness (QED) is 0.376. The van der Waals surface area contributed by atoms with E-state index < -0.39 is 30.0 Å². The lowest BCUT2D eigenvalue weighted by atomic mass is 10.1. The number of carbonyl (C=O) groups excluding carboxylic acids is 4. The van der Waals surface area contributed by atoms with Crippen LogP contribution in [0.2, 0.25) is 0 Å². The maximum Gasteiger partial charge on any atom is 0.373 e. The van der Waals surface area contributed by atoms with Crippen molar-refractivity contribution in [2.24, 2.45) is 0 Å². The molecule has 1 aliphatic heterocycles. The Balaban J connectivity index is 1.77. The van der Waals surface area contributed by atoms with E-state index in [9.17, 15) is 19.2 Å². The molecule has 1 fully saturated rings. The number of urea groups is 1. The van der Waals surface area contributed by atoms with Crippen LogP contribution >= 0.6 is 0 Å². The SMILES string of the molecule is CCOC(=O)[C@H](C)Oc1ccccc1/C=C1\NC(=O)N(Cc2ccc(C(=O)OC)o2)C1=O. The molecule has 0 bridgehead atoms. The van der Waals surface area contributed by atoms with E-state index in [0.717, 1.165) is 4.90 Å². The van der Waals surface area contributed by atoms with E-state index in [1.54, 1.807) is 38.1 Å². The van der Waals surface area contributed by atoms with Gasteiger partial charge in [0.2, 0.25) is 5.76 Å². The summed E-state index contributed by atoms with van der Waals surface area (Å²) < 4.78 is 20.5. The molecule has 3 rings (SSSR count). The van der Waals surface area contributed by atoms with Gasteiger partial charge in [-0.15, -0.1) is 0 Å². The number of carbonyl (C=O) groups is 4. The van der Waals surface area contributed by atoms with Crippen molar-refractivity contribution < 1.29 is 37.8 Å². The molecule has 0 spiro atoms. The van der Waals surface area contributed by atoms with Gasteiger partial charge in [0, 0.05) is 5.56 Å². The van der Waals surface area contributed by atoms with Crippen molar-refractivity contribution in [3.8, 4) is 5.75 Å². The fraction of sp³-hybridized carbons (Fsp3) is 0.273. The molecule has 1 N–H and O–H groups in total. The van der Waals surface area contributed by atoms with Gasteiger partial charge in [0.15, 0.2) is 6.10 Å². The summed E-state index contributed by atoms with van der Waals surface area (Å²) in [6, 6.07) is 8.99. The highest BCUT2D eigenvalue weighted by atomic mass is 16.6. The molecule has 1 aromatic carbocycles. The molecule has 0 saturated carbocycles. The fourth-order valence-electron chi connectivity index (χ4n) is 2.91. The lowest BCUT2D eigenvalue weighted by Gasteiger charge is -2.15. The van der Waals surface area contributed by atoms with Crippen LogP contribution in [-0.2, 0) is 25.6 Å². The molecular formula is C22H22N2O8. The molecule has 2 aromatic rings. The summed E-state index contributed by atoms with van der Waals surface area (Å²) in [5.41, 5.74) is 0.509. The van der Waals surface area contributed by atoms with E-state index in [-0.39, 0.29) is 30.4 Å². The van der Waals surface area contributed by atoms with Gasteiger partial charge in [-0.3, -0.25) is 9.69 Å². The van der Waals surface area contributed by atoms with E-state index >= 15 is 0 Å². The predicted octanol–water partition coefficient (Wildman–Crippen LogP) is 2.49. The molecule has 1 aromatic heterocycles. The van der Waals surface area contributed by atoms with E-state index in [1.807, 2.05) is 0 Å². The smallest absolute Gasteiger partial charge is 0.373 e. The highest BCUT2D eigenvalue weighted by Gasteiger charge is 2.34. The third-order valence-corrected chi connectivity index (χ3v) is 4.47. The van der Waals surface area contributed by atoms with Crippen molar-refractivity contribution in [2.45, 2.75) is 26.5 Å². The zero-order valence-corrected chi connectivity index (χ0v) is 17.7. The van der Waals surface area contributed by atoms with Crippen LogP contribution in [0.4, 0.5) is 4.79 Å². The minimum Gasteiger partial charge on any atom is -0.478 e. The van der Waals surface area contributed by atoms with Gasteiger partial charge in [0.05, 0.1) is 20.3 Å². The van der Waals surface area contributed by atoms with Gasteiger partial charge in [-0.05, 0) is 38.1 Å². The molecule has 168 valence electrons. The van der Waals surface area contributed by atoms with E-state index in [0.29, 0.717) is 11.3 Å². The summed E-state index contributed by atoms with van der Waals surface area (Å²) in [4.78, 5) is 49.4. The molecule has 1 aliphatic rings. The maximum absolute atomic E-state index is 12.8. The number of ether oxygens (including phenoxy) is 3. The Hall–Kier alpha value is -4.08. The van der Waals surface area contributed by atoms with Gasteiger partial charge in [-0.2, -0.15) is 0 Å². The van der Waals surface area contributed by atoms with E-state index in [2.05, 4.69) is 10.1 Å². The number of amides is 3. The lowest BCUT2D eigenvalue weighted by molar-refractivity contribution is -0.150. The number of esters is 2. The van der Waals surface area contributed by atoms with Crippen LogP contribution in [0.3, 0.4) is 0 Å². The summed E-state index contributed by atoms with van der Waals surface area (Å²) in [5, 5.41) is 2.50. The molecule has 0 radical (unpaired) electrons. The number of nitrogens with one attached hydrogen (secondary N) is 1. The van der Waals surface area contributed by atoms with Gasteiger partial charge < -0.3 is 23.9 Å². The minimum atomic E-state index is -0.858. The van der Waals surface area contributed by atoms with Crippen molar-refractivity contribution in [1.82, 2.24) is 10.2 Å². The number of nitrogens with zero attached hydrogens (tertiary/aromatic N) is 1. The Kier molecular flexibility index (Phi) is 6.93. The first kappa shape index (κ1) is 22.6. The predicted molar refractivity (Wildman–Crippen MR) is 110 cm³/mol. The van der Waals surface area contributed by atoms with Crippen molar-refractivity contribution in [3.63, 3.8) is 0 Å². The number of methoxy groups -OCH3 is 1. The number of para-hydroxylation sites is 1. The fourth-order valence-corrected chi connectivity index (χ4v) is 2.91. The molecule has 10 nitrogen and oxygen atoms in total. The highest BCUT2D eigenvalue weighted by molar-refractivity contribution is 6.14. The summed E-state index contributed by atoms with van der Waals surface area (Å²) in [7, 11) is 1.22. The molecular weight excluding hydrogens is 420 g/mol. The Labute approximate surface area is 183 Å².